The van der Waals surface area contributed by atoms with Crippen molar-refractivity contribution in [2.75, 3.05) is 18.1 Å². The van der Waals surface area contributed by atoms with Gasteiger partial charge in [-0.2, -0.15) is 0 Å². The van der Waals surface area contributed by atoms with Crippen LogP contribution >= 0.6 is 11.3 Å². The number of aliphatic hydroxyl groups excluding tert-OH is 1. The van der Waals surface area contributed by atoms with Gasteiger partial charge in [-0.15, -0.1) is 0 Å². The van der Waals surface area contributed by atoms with Crippen molar-refractivity contribution in [3.8, 4) is 11.5 Å². The average Bonchev–Trinajstić information content (AvgIpc) is 3.61. The van der Waals surface area contributed by atoms with E-state index >= 15 is 0 Å². The van der Waals surface area contributed by atoms with Crippen molar-refractivity contribution in [3.05, 3.63) is 101 Å². The minimum Gasteiger partial charge on any atom is -0.507 e. The number of nitrogens with zero attached hydrogens (tertiary/aromatic N) is 2. The number of hydrogen-bond donors (Lipinski definition) is 1. The number of aryl methyl sites for hydroxylation is 1. The monoisotopic (exact) mass is 572 g/mol. The van der Waals surface area contributed by atoms with Gasteiger partial charge in [0.2, 0.25) is 0 Å². The number of benzene rings is 2. The van der Waals surface area contributed by atoms with Crippen LogP contribution < -0.4 is 14.4 Å². The summed E-state index contributed by atoms with van der Waals surface area (Å²) in [7, 11) is 0. The molecule has 5 rings (SSSR count). The Balaban J connectivity index is 1.65. The third-order valence-electron chi connectivity index (χ3n) is 6.66. The molecule has 0 bridgehead atoms. The zero-order valence-electron chi connectivity index (χ0n) is 22.6. The minimum atomic E-state index is -1.05. The lowest BCUT2D eigenvalue weighted by atomic mass is 9.94. The van der Waals surface area contributed by atoms with Gasteiger partial charge in [0.05, 0.1) is 17.3 Å². The van der Waals surface area contributed by atoms with Gasteiger partial charge in [-0.3, -0.25) is 14.5 Å². The van der Waals surface area contributed by atoms with E-state index in [0.717, 1.165) is 16.9 Å². The highest BCUT2D eigenvalue weighted by Crippen LogP contribution is 2.45. The summed E-state index contributed by atoms with van der Waals surface area (Å²) in [6.07, 6.45) is 3.69. The Morgan fingerprint density at radius 2 is 1.98 bits per heavy atom. The molecule has 1 fully saturated rings. The lowest BCUT2D eigenvalue weighted by molar-refractivity contribution is -0.132. The van der Waals surface area contributed by atoms with Crippen LogP contribution in [0.15, 0.2) is 73.3 Å². The van der Waals surface area contributed by atoms with Crippen LogP contribution in [0, 0.1) is 6.92 Å². The van der Waals surface area contributed by atoms with E-state index in [1.165, 1.54) is 11.0 Å². The standard InChI is InChI=1S/C31H28N2O7S/c1-5-12-38-22-9-7-8-19(16-22)25-24(26(34)20-10-11-23-21(15-20)14-17(3)40-23)27(35)29(36)33(25)31-32-18(4)28(41-31)30(37)39-13-6-2/h5-11,15-17,25,34H,1-2,12-14H2,3-4H3/t17-,25+/m1/s1. The van der Waals surface area contributed by atoms with E-state index in [-0.39, 0.29) is 40.7 Å². The maximum absolute atomic E-state index is 13.6. The van der Waals surface area contributed by atoms with E-state index < -0.39 is 23.7 Å². The van der Waals surface area contributed by atoms with Gasteiger partial charge in [-0.05, 0) is 55.3 Å². The molecule has 210 valence electrons. The normalized spacial score (nSPS) is 19.0. The number of carbonyl (C=O) groups is 3. The lowest BCUT2D eigenvalue weighted by Gasteiger charge is -2.23. The number of esters is 1. The lowest BCUT2D eigenvalue weighted by Crippen LogP contribution is -2.29. The number of Topliss-reactive ketones (excluding diaryl/α,β-unsaturated/α-hetero) is 1. The highest BCUT2D eigenvalue weighted by atomic mass is 32.1. The number of aliphatic hydroxyl groups is 1. The molecule has 2 atom stereocenters. The van der Waals surface area contributed by atoms with Crippen LogP contribution in [0.4, 0.5) is 5.13 Å². The molecule has 1 amide bonds. The van der Waals surface area contributed by atoms with Crippen LogP contribution in [0.1, 0.15) is 45.0 Å². The van der Waals surface area contributed by atoms with Crippen molar-refractivity contribution >= 4 is 39.9 Å². The summed E-state index contributed by atoms with van der Waals surface area (Å²) in [5.74, 6) is -1.50. The van der Waals surface area contributed by atoms with Gasteiger partial charge in [0.15, 0.2) is 5.13 Å². The van der Waals surface area contributed by atoms with Crippen LogP contribution in [0.2, 0.25) is 0 Å². The van der Waals surface area contributed by atoms with E-state index in [0.29, 0.717) is 34.7 Å². The predicted molar refractivity (Wildman–Crippen MR) is 154 cm³/mol. The average molecular weight is 573 g/mol. The molecule has 2 aliphatic rings. The van der Waals surface area contributed by atoms with Gasteiger partial charge >= 0.3 is 11.9 Å². The second-order valence-electron chi connectivity index (χ2n) is 9.59. The van der Waals surface area contributed by atoms with Crippen molar-refractivity contribution in [2.45, 2.75) is 32.4 Å². The van der Waals surface area contributed by atoms with Crippen LogP contribution in [-0.4, -0.2) is 47.1 Å². The van der Waals surface area contributed by atoms with Crippen molar-refractivity contribution in [2.24, 2.45) is 0 Å². The van der Waals surface area contributed by atoms with Crippen LogP contribution in [0.3, 0.4) is 0 Å². The van der Waals surface area contributed by atoms with Gasteiger partial charge < -0.3 is 19.3 Å². The molecule has 0 saturated carbocycles. The van der Waals surface area contributed by atoms with Gasteiger partial charge in [-0.25, -0.2) is 9.78 Å². The Hall–Kier alpha value is -4.70. The first kappa shape index (κ1) is 27.9. The number of hydrogen-bond acceptors (Lipinski definition) is 9. The van der Waals surface area contributed by atoms with Crippen LogP contribution in [-0.2, 0) is 20.7 Å². The predicted octanol–water partition coefficient (Wildman–Crippen LogP) is 5.31. The molecule has 0 unspecified atom stereocenters. The molecule has 2 aromatic carbocycles. The van der Waals surface area contributed by atoms with Gasteiger partial charge in [0, 0.05) is 12.0 Å². The smallest absolute Gasteiger partial charge is 0.350 e. The molecule has 1 N–H and O–H groups in total. The zero-order valence-corrected chi connectivity index (χ0v) is 23.4. The maximum atomic E-state index is 13.6. The highest BCUT2D eigenvalue weighted by Gasteiger charge is 2.48. The number of rotatable bonds is 9. The summed E-state index contributed by atoms with van der Waals surface area (Å²) in [6.45, 7) is 11.0. The van der Waals surface area contributed by atoms with E-state index in [4.69, 9.17) is 14.2 Å². The fourth-order valence-electron chi connectivity index (χ4n) is 4.87. The molecule has 3 heterocycles. The number of aromatic nitrogens is 1. The molecule has 9 nitrogen and oxygen atoms in total. The fourth-order valence-corrected chi connectivity index (χ4v) is 5.86. The maximum Gasteiger partial charge on any atom is 0.350 e. The minimum absolute atomic E-state index is 0.00760. The number of fused-ring (bicyclic) bond motifs is 1. The third-order valence-corrected chi connectivity index (χ3v) is 7.80. The first-order chi connectivity index (χ1) is 19.7. The highest BCUT2D eigenvalue weighted by molar-refractivity contribution is 7.17. The SMILES string of the molecule is C=CCOC(=O)c1sc(N2C(=O)C(=O)C(=C(O)c3ccc4c(c3)C[C@@H](C)O4)[C@@H]2c2cccc(OCC=C)c2)nc1C. The number of ether oxygens (including phenoxy) is 3. The second-order valence-corrected chi connectivity index (χ2v) is 10.6. The van der Waals surface area contributed by atoms with Crippen molar-refractivity contribution < 1.29 is 33.7 Å². The van der Waals surface area contributed by atoms with Gasteiger partial charge in [0.25, 0.3) is 5.78 Å². The van der Waals surface area contributed by atoms with E-state index in [2.05, 4.69) is 18.1 Å². The molecule has 0 radical (unpaired) electrons. The van der Waals surface area contributed by atoms with Crippen molar-refractivity contribution in [1.82, 2.24) is 4.98 Å². The van der Waals surface area contributed by atoms with Crippen LogP contribution in [0.25, 0.3) is 5.76 Å². The van der Waals surface area contributed by atoms with E-state index in [1.54, 1.807) is 55.5 Å². The zero-order chi connectivity index (χ0) is 29.3. The van der Waals surface area contributed by atoms with Gasteiger partial charge in [0.1, 0.15) is 41.5 Å². The van der Waals surface area contributed by atoms with E-state index in [1.807, 2.05) is 6.92 Å². The fraction of sp³-hybridized carbons (Fsp3) is 0.226. The largest absolute Gasteiger partial charge is 0.507 e. The molecule has 1 saturated heterocycles. The molecular formula is C31H28N2O7S. The Morgan fingerprint density at radius 1 is 1.20 bits per heavy atom. The summed E-state index contributed by atoms with van der Waals surface area (Å²) < 4.78 is 16.6. The summed E-state index contributed by atoms with van der Waals surface area (Å²) in [5, 5.41) is 11.7. The third kappa shape index (κ3) is 5.26. The van der Waals surface area contributed by atoms with Crippen molar-refractivity contribution in [1.29, 1.82) is 0 Å². The van der Waals surface area contributed by atoms with Crippen molar-refractivity contribution in [3.63, 3.8) is 0 Å². The molecule has 41 heavy (non-hydrogen) atoms. The topological polar surface area (TPSA) is 115 Å². The molecule has 2 aliphatic heterocycles. The summed E-state index contributed by atoms with van der Waals surface area (Å²) in [6, 6.07) is 11.0. The first-order valence-corrected chi connectivity index (χ1v) is 13.7. The first-order valence-electron chi connectivity index (χ1n) is 12.9. The molecule has 0 aliphatic carbocycles. The van der Waals surface area contributed by atoms with E-state index in [9.17, 15) is 19.5 Å². The van der Waals surface area contributed by atoms with Gasteiger partial charge in [-0.1, -0.05) is 48.8 Å². The number of carbonyl (C=O) groups excluding carboxylic acids is 3. The Labute approximate surface area is 241 Å². The number of anilines is 1. The quantitative estimate of drug-likeness (QED) is 0.121. The number of thiazole rings is 1. The number of amides is 1. The Kier molecular flexibility index (Phi) is 7.76. The second kappa shape index (κ2) is 11.4. The van der Waals surface area contributed by atoms with Crippen LogP contribution in [0.5, 0.6) is 11.5 Å². The summed E-state index contributed by atoms with van der Waals surface area (Å²) in [4.78, 5) is 45.7. The Bertz CT molecular complexity index is 1610. The summed E-state index contributed by atoms with van der Waals surface area (Å²) in [5.41, 5.74) is 2.02. The molecule has 3 aromatic rings. The molecular weight excluding hydrogens is 544 g/mol. The number of ketones is 1. The summed E-state index contributed by atoms with van der Waals surface area (Å²) >= 11 is 0.931. The Morgan fingerprint density at radius 3 is 2.73 bits per heavy atom. The molecule has 0 spiro atoms. The molecule has 1 aromatic heterocycles. The molecule has 10 heteroatoms.